The number of thioether (sulfide) groups is 1. The molecule has 0 aliphatic carbocycles. The van der Waals surface area contributed by atoms with E-state index in [1.54, 1.807) is 11.3 Å². The Labute approximate surface area is 151 Å². The fraction of sp³-hybridized carbons (Fsp3) is 0.125. The van der Waals surface area contributed by atoms with Gasteiger partial charge in [0.2, 0.25) is 5.16 Å². The van der Waals surface area contributed by atoms with E-state index < -0.39 is 0 Å². The summed E-state index contributed by atoms with van der Waals surface area (Å²) in [5, 5.41) is 14.9. The van der Waals surface area contributed by atoms with Crippen molar-refractivity contribution in [2.75, 3.05) is 5.84 Å². The lowest BCUT2D eigenvalue weighted by Crippen LogP contribution is -2.11. The highest BCUT2D eigenvalue weighted by Crippen LogP contribution is 2.27. The molecule has 1 aromatic carbocycles. The van der Waals surface area contributed by atoms with Crippen molar-refractivity contribution in [2.45, 2.75) is 17.8 Å². The van der Waals surface area contributed by atoms with Gasteiger partial charge in [0, 0.05) is 5.56 Å². The normalized spacial score (nSPS) is 11.1. The summed E-state index contributed by atoms with van der Waals surface area (Å²) in [4.78, 5) is 5.40. The zero-order valence-corrected chi connectivity index (χ0v) is 14.9. The van der Waals surface area contributed by atoms with Crippen molar-refractivity contribution in [3.05, 3.63) is 53.2 Å². The smallest absolute Gasteiger partial charge is 0.257 e. The van der Waals surface area contributed by atoms with E-state index in [1.807, 2.05) is 48.7 Å². The molecule has 0 fully saturated rings. The van der Waals surface area contributed by atoms with E-state index in [2.05, 4.69) is 20.3 Å². The van der Waals surface area contributed by atoms with Crippen LogP contribution in [0.15, 0.2) is 51.5 Å². The van der Waals surface area contributed by atoms with E-state index in [0.29, 0.717) is 28.4 Å². The Hall–Kier alpha value is -2.65. The third kappa shape index (κ3) is 3.28. The monoisotopic (exact) mass is 370 g/mol. The van der Waals surface area contributed by atoms with Crippen LogP contribution in [-0.4, -0.2) is 25.0 Å². The maximum atomic E-state index is 6.08. The number of benzene rings is 1. The van der Waals surface area contributed by atoms with Crippen molar-refractivity contribution in [1.82, 2.24) is 25.0 Å². The Kier molecular flexibility index (Phi) is 4.24. The van der Waals surface area contributed by atoms with Crippen molar-refractivity contribution in [3.63, 3.8) is 0 Å². The highest BCUT2D eigenvalue weighted by Gasteiger charge is 2.15. The molecule has 3 aromatic heterocycles. The Balaban J connectivity index is 1.48. The largest absolute Gasteiger partial charge is 0.335 e. The molecule has 0 spiro atoms. The molecular weight excluding hydrogens is 356 g/mol. The summed E-state index contributed by atoms with van der Waals surface area (Å²) in [6, 6.07) is 11.9. The van der Waals surface area contributed by atoms with Gasteiger partial charge in [0.25, 0.3) is 5.89 Å². The molecule has 0 aliphatic heterocycles. The number of thiophene rings is 1. The van der Waals surface area contributed by atoms with E-state index >= 15 is 0 Å². The van der Waals surface area contributed by atoms with Crippen molar-refractivity contribution in [3.8, 4) is 22.2 Å². The van der Waals surface area contributed by atoms with Gasteiger partial charge in [-0.2, -0.15) is 4.98 Å². The first kappa shape index (κ1) is 15.9. The van der Waals surface area contributed by atoms with Crippen LogP contribution in [0.5, 0.6) is 0 Å². The summed E-state index contributed by atoms with van der Waals surface area (Å²) in [5.74, 6) is 8.32. The minimum atomic E-state index is 0.495. The van der Waals surface area contributed by atoms with Crippen LogP contribution >= 0.6 is 23.1 Å². The summed E-state index contributed by atoms with van der Waals surface area (Å²) in [7, 11) is 0. The van der Waals surface area contributed by atoms with Crippen LogP contribution in [0.1, 0.15) is 11.4 Å². The van der Waals surface area contributed by atoms with Gasteiger partial charge in [0.15, 0.2) is 11.6 Å². The first-order valence-electron chi connectivity index (χ1n) is 7.47. The lowest BCUT2D eigenvalue weighted by atomic mass is 10.1. The summed E-state index contributed by atoms with van der Waals surface area (Å²) in [6.07, 6.45) is 0. The third-order valence-corrected chi connectivity index (χ3v) is 5.27. The van der Waals surface area contributed by atoms with Crippen LogP contribution in [0.3, 0.4) is 0 Å². The molecule has 0 aliphatic rings. The maximum Gasteiger partial charge on any atom is 0.257 e. The number of hydrogen-bond acceptors (Lipinski definition) is 8. The highest BCUT2D eigenvalue weighted by molar-refractivity contribution is 7.98. The molecule has 4 rings (SSSR count). The summed E-state index contributed by atoms with van der Waals surface area (Å²) in [5.41, 5.74) is 2.05. The summed E-state index contributed by atoms with van der Waals surface area (Å²) < 4.78 is 6.83. The molecule has 9 heteroatoms. The van der Waals surface area contributed by atoms with Crippen molar-refractivity contribution < 1.29 is 4.52 Å². The molecular formula is C16H14N6OS2. The number of nitrogens with zero attached hydrogens (tertiary/aromatic N) is 5. The number of hydrogen-bond donors (Lipinski definition) is 1. The van der Waals surface area contributed by atoms with Gasteiger partial charge < -0.3 is 10.4 Å². The Morgan fingerprint density at radius 3 is 2.96 bits per heavy atom. The number of nitrogens with two attached hydrogens (primary N) is 1. The molecule has 0 saturated heterocycles. The van der Waals surface area contributed by atoms with Gasteiger partial charge in [-0.25, -0.2) is 4.68 Å². The molecule has 2 N–H and O–H groups in total. The summed E-state index contributed by atoms with van der Waals surface area (Å²) >= 11 is 2.98. The van der Waals surface area contributed by atoms with Crippen LogP contribution in [0.25, 0.3) is 22.2 Å². The first-order chi connectivity index (χ1) is 12.2. The molecule has 0 amide bonds. The second-order valence-electron chi connectivity index (χ2n) is 5.33. The molecule has 0 bridgehead atoms. The van der Waals surface area contributed by atoms with Gasteiger partial charge in [-0.3, -0.25) is 0 Å². The second kappa shape index (κ2) is 6.69. The maximum absolute atomic E-state index is 6.08. The van der Waals surface area contributed by atoms with Crippen LogP contribution in [0.2, 0.25) is 0 Å². The van der Waals surface area contributed by atoms with Gasteiger partial charge >= 0.3 is 0 Å². The van der Waals surface area contributed by atoms with E-state index in [-0.39, 0.29) is 0 Å². The number of aromatic nitrogens is 5. The topological polar surface area (TPSA) is 95.7 Å². The van der Waals surface area contributed by atoms with Crippen molar-refractivity contribution >= 4 is 23.1 Å². The lowest BCUT2D eigenvalue weighted by molar-refractivity contribution is 0.425. The SMILES string of the molecule is Cc1cccc(-c2nc(CSc3nnc(-c4cccs4)n3N)no2)c1. The minimum absolute atomic E-state index is 0.495. The van der Waals surface area contributed by atoms with Crippen molar-refractivity contribution in [2.24, 2.45) is 0 Å². The summed E-state index contributed by atoms with van der Waals surface area (Å²) in [6.45, 7) is 2.02. The quantitative estimate of drug-likeness (QED) is 0.425. The molecule has 7 nitrogen and oxygen atoms in total. The number of nitrogen functional groups attached to an aromatic ring is 1. The van der Waals surface area contributed by atoms with Crippen LogP contribution in [0, 0.1) is 6.92 Å². The number of rotatable bonds is 5. The molecule has 126 valence electrons. The van der Waals surface area contributed by atoms with Crippen LogP contribution in [-0.2, 0) is 5.75 Å². The molecule has 0 atom stereocenters. The predicted molar refractivity (Wildman–Crippen MR) is 97.5 cm³/mol. The van der Waals surface area contributed by atoms with Gasteiger partial charge in [0.1, 0.15) is 0 Å². The van der Waals surface area contributed by atoms with E-state index in [1.165, 1.54) is 16.4 Å². The van der Waals surface area contributed by atoms with Crippen molar-refractivity contribution in [1.29, 1.82) is 0 Å². The Bertz CT molecular complexity index is 992. The zero-order chi connectivity index (χ0) is 17.2. The molecule has 0 saturated carbocycles. The lowest BCUT2D eigenvalue weighted by Gasteiger charge is -2.00. The van der Waals surface area contributed by atoms with Gasteiger partial charge in [-0.15, -0.1) is 21.5 Å². The van der Waals surface area contributed by atoms with Gasteiger partial charge in [0.05, 0.1) is 10.6 Å². The molecule has 0 radical (unpaired) electrons. The standard InChI is InChI=1S/C16H14N6OS2/c1-10-4-2-5-11(8-10)15-18-13(21-23-15)9-25-16-20-19-14(22(16)17)12-6-3-7-24-12/h2-8H,9,17H2,1H3. The third-order valence-electron chi connectivity index (χ3n) is 3.47. The molecule has 4 aromatic rings. The first-order valence-corrected chi connectivity index (χ1v) is 9.34. The second-order valence-corrected chi connectivity index (χ2v) is 7.22. The molecule has 3 heterocycles. The van der Waals surface area contributed by atoms with Gasteiger partial charge in [-0.1, -0.05) is 40.7 Å². The van der Waals surface area contributed by atoms with E-state index in [0.717, 1.165) is 16.0 Å². The zero-order valence-electron chi connectivity index (χ0n) is 13.3. The van der Waals surface area contributed by atoms with Crippen LogP contribution in [0.4, 0.5) is 0 Å². The van der Waals surface area contributed by atoms with Crippen LogP contribution < -0.4 is 5.84 Å². The molecule has 0 unspecified atom stereocenters. The van der Waals surface area contributed by atoms with Gasteiger partial charge in [-0.05, 0) is 30.5 Å². The minimum Gasteiger partial charge on any atom is -0.335 e. The highest BCUT2D eigenvalue weighted by atomic mass is 32.2. The Morgan fingerprint density at radius 2 is 2.16 bits per heavy atom. The van der Waals surface area contributed by atoms with E-state index in [4.69, 9.17) is 10.4 Å². The average Bonchev–Trinajstić information content (AvgIpc) is 3.34. The average molecular weight is 370 g/mol. The Morgan fingerprint density at radius 1 is 1.24 bits per heavy atom. The predicted octanol–water partition coefficient (Wildman–Crippen LogP) is 3.37. The number of aryl methyl sites for hydroxylation is 1. The molecule has 25 heavy (non-hydrogen) atoms. The fourth-order valence-electron chi connectivity index (χ4n) is 2.29. The fourth-order valence-corrected chi connectivity index (χ4v) is 3.69. The van der Waals surface area contributed by atoms with E-state index in [9.17, 15) is 0 Å².